The zero-order chi connectivity index (χ0) is 32.2. The van der Waals surface area contributed by atoms with Crippen LogP contribution in [0.15, 0.2) is 60.7 Å². The number of hydrogen-bond donors (Lipinski definition) is 2. The van der Waals surface area contributed by atoms with Gasteiger partial charge < -0.3 is 19.9 Å². The number of nitrogens with zero attached hydrogens (tertiary/aromatic N) is 1. The fourth-order valence-electron chi connectivity index (χ4n) is 6.53. The molecule has 1 aliphatic heterocycles. The molecule has 1 aliphatic carbocycles. The van der Waals surface area contributed by atoms with Gasteiger partial charge in [0.15, 0.2) is 0 Å². The Balaban J connectivity index is 1.50. The molecule has 44 heavy (non-hydrogen) atoms. The molecule has 2 aromatic rings. The van der Waals surface area contributed by atoms with Gasteiger partial charge in [-0.25, -0.2) is 0 Å². The molecule has 2 amide bonds. The summed E-state index contributed by atoms with van der Waals surface area (Å²) in [7, 11) is -0.267. The SMILES string of the molecule is CC(=O)NC(CCCCB1OC(C)(C)C(C)(C)O1)(C(=O)NC(C)(C)C)C1CC(N(Cc2ccccc2)Cc2ccccc2)C1. The molecule has 0 spiro atoms. The predicted molar refractivity (Wildman–Crippen MR) is 178 cm³/mol. The van der Waals surface area contributed by atoms with Crippen LogP contribution in [-0.2, 0) is 32.0 Å². The van der Waals surface area contributed by atoms with Gasteiger partial charge in [-0.3, -0.25) is 14.5 Å². The van der Waals surface area contributed by atoms with Crippen LogP contribution in [0.4, 0.5) is 0 Å². The molecule has 0 aromatic heterocycles. The van der Waals surface area contributed by atoms with E-state index in [0.29, 0.717) is 12.5 Å². The van der Waals surface area contributed by atoms with Crippen LogP contribution in [0.5, 0.6) is 0 Å². The number of carbonyl (C=O) groups excluding carboxylic acids is 2. The highest BCUT2D eigenvalue weighted by Gasteiger charge is 2.53. The van der Waals surface area contributed by atoms with E-state index in [1.165, 1.54) is 18.1 Å². The quantitative estimate of drug-likeness (QED) is 0.201. The van der Waals surface area contributed by atoms with Gasteiger partial charge in [-0.05, 0) is 91.1 Å². The zero-order valence-corrected chi connectivity index (χ0v) is 28.2. The van der Waals surface area contributed by atoms with E-state index < -0.39 is 11.1 Å². The molecule has 1 saturated heterocycles. The van der Waals surface area contributed by atoms with Crippen molar-refractivity contribution in [2.45, 2.75) is 135 Å². The number of carbonyl (C=O) groups is 2. The van der Waals surface area contributed by atoms with Crippen molar-refractivity contribution in [1.82, 2.24) is 15.5 Å². The normalized spacial score (nSPS) is 22.2. The van der Waals surface area contributed by atoms with Crippen molar-refractivity contribution >= 4 is 18.9 Å². The molecule has 4 rings (SSSR count). The highest BCUT2D eigenvalue weighted by atomic mass is 16.7. The summed E-state index contributed by atoms with van der Waals surface area (Å²) in [5.41, 5.74) is 0.421. The Kier molecular flexibility index (Phi) is 10.7. The van der Waals surface area contributed by atoms with Gasteiger partial charge >= 0.3 is 7.12 Å². The van der Waals surface area contributed by atoms with Gasteiger partial charge in [0.2, 0.25) is 11.8 Å². The van der Waals surface area contributed by atoms with Crippen LogP contribution in [0.3, 0.4) is 0 Å². The molecule has 1 saturated carbocycles. The number of rotatable bonds is 13. The number of nitrogens with one attached hydrogen (secondary N) is 2. The molecule has 1 atom stereocenters. The first-order valence-corrected chi connectivity index (χ1v) is 16.4. The first kappa shape index (κ1) is 34.2. The maximum Gasteiger partial charge on any atom is 0.457 e. The third-order valence-electron chi connectivity index (χ3n) is 9.64. The molecule has 0 bridgehead atoms. The zero-order valence-electron chi connectivity index (χ0n) is 28.2. The third-order valence-corrected chi connectivity index (χ3v) is 9.64. The molecule has 2 N–H and O–H groups in total. The molecule has 0 radical (unpaired) electrons. The maximum absolute atomic E-state index is 14.1. The van der Waals surface area contributed by atoms with E-state index in [4.69, 9.17) is 9.31 Å². The van der Waals surface area contributed by atoms with Gasteiger partial charge in [0.25, 0.3) is 0 Å². The molecular formula is C36H54BN3O4. The second-order valence-electron chi connectivity index (χ2n) is 15.0. The molecule has 1 heterocycles. The van der Waals surface area contributed by atoms with E-state index in [0.717, 1.165) is 45.1 Å². The van der Waals surface area contributed by atoms with Crippen LogP contribution in [0.2, 0.25) is 6.32 Å². The van der Waals surface area contributed by atoms with Gasteiger partial charge in [0.05, 0.1) is 11.2 Å². The summed E-state index contributed by atoms with van der Waals surface area (Å²) in [4.78, 5) is 29.4. The summed E-state index contributed by atoms with van der Waals surface area (Å²) in [6.07, 6.45) is 4.62. The van der Waals surface area contributed by atoms with E-state index in [1.54, 1.807) is 0 Å². The Labute approximate surface area is 266 Å². The van der Waals surface area contributed by atoms with Crippen LogP contribution >= 0.6 is 0 Å². The average Bonchev–Trinajstić information content (AvgIpc) is 3.10. The van der Waals surface area contributed by atoms with Crippen molar-refractivity contribution in [3.05, 3.63) is 71.8 Å². The average molecular weight is 604 g/mol. The minimum Gasteiger partial charge on any atom is -0.403 e. The number of amides is 2. The van der Waals surface area contributed by atoms with Gasteiger partial charge in [0, 0.05) is 31.6 Å². The van der Waals surface area contributed by atoms with E-state index >= 15 is 0 Å². The van der Waals surface area contributed by atoms with Crippen LogP contribution in [-0.4, -0.2) is 52.2 Å². The minimum atomic E-state index is -0.975. The first-order chi connectivity index (χ1) is 20.6. The van der Waals surface area contributed by atoms with Crippen molar-refractivity contribution in [3.8, 4) is 0 Å². The third kappa shape index (κ3) is 8.52. The molecule has 1 unspecified atom stereocenters. The van der Waals surface area contributed by atoms with E-state index in [9.17, 15) is 9.59 Å². The number of benzene rings is 2. The van der Waals surface area contributed by atoms with Gasteiger partial charge in [-0.15, -0.1) is 0 Å². The lowest BCUT2D eigenvalue weighted by Crippen LogP contribution is -2.68. The lowest BCUT2D eigenvalue weighted by Gasteiger charge is -2.52. The second kappa shape index (κ2) is 13.8. The van der Waals surface area contributed by atoms with Crippen LogP contribution in [0, 0.1) is 5.92 Å². The van der Waals surface area contributed by atoms with Crippen molar-refractivity contribution in [2.24, 2.45) is 5.92 Å². The molecule has 7 nitrogen and oxygen atoms in total. The lowest BCUT2D eigenvalue weighted by atomic mass is 9.64. The van der Waals surface area contributed by atoms with E-state index in [2.05, 4.69) is 91.8 Å². The summed E-state index contributed by atoms with van der Waals surface area (Å²) in [6.45, 7) is 17.4. The van der Waals surface area contributed by atoms with Crippen LogP contribution in [0.1, 0.15) is 98.6 Å². The first-order valence-electron chi connectivity index (χ1n) is 16.4. The van der Waals surface area contributed by atoms with Gasteiger partial charge in [-0.2, -0.15) is 0 Å². The molecular weight excluding hydrogens is 549 g/mol. The summed E-state index contributed by atoms with van der Waals surface area (Å²) < 4.78 is 12.4. The second-order valence-corrected chi connectivity index (χ2v) is 15.0. The summed E-state index contributed by atoms with van der Waals surface area (Å²) >= 11 is 0. The van der Waals surface area contributed by atoms with E-state index in [1.807, 2.05) is 32.9 Å². The Hall–Kier alpha value is -2.68. The van der Waals surface area contributed by atoms with Crippen molar-refractivity contribution in [1.29, 1.82) is 0 Å². The fraction of sp³-hybridized carbons (Fsp3) is 0.611. The van der Waals surface area contributed by atoms with Crippen molar-refractivity contribution < 1.29 is 18.9 Å². The Morgan fingerprint density at radius 3 is 1.80 bits per heavy atom. The summed E-state index contributed by atoms with van der Waals surface area (Å²) in [6, 6.07) is 21.4. The lowest BCUT2D eigenvalue weighted by molar-refractivity contribution is -0.140. The molecule has 2 aliphatic rings. The Morgan fingerprint density at radius 1 is 0.841 bits per heavy atom. The summed E-state index contributed by atoms with van der Waals surface area (Å²) in [5.74, 6) is -0.226. The predicted octanol–water partition coefficient (Wildman–Crippen LogP) is 6.52. The monoisotopic (exact) mass is 603 g/mol. The van der Waals surface area contributed by atoms with Gasteiger partial charge in [0.1, 0.15) is 5.54 Å². The molecule has 240 valence electrons. The van der Waals surface area contributed by atoms with Crippen LogP contribution in [0.25, 0.3) is 0 Å². The molecule has 2 fully saturated rings. The largest absolute Gasteiger partial charge is 0.457 e. The molecule has 8 heteroatoms. The van der Waals surface area contributed by atoms with Crippen molar-refractivity contribution in [3.63, 3.8) is 0 Å². The number of hydrogen-bond acceptors (Lipinski definition) is 5. The van der Waals surface area contributed by atoms with Gasteiger partial charge in [-0.1, -0.05) is 73.5 Å². The topological polar surface area (TPSA) is 79.9 Å². The highest BCUT2D eigenvalue weighted by molar-refractivity contribution is 6.45. The van der Waals surface area contributed by atoms with Crippen LogP contribution < -0.4 is 10.6 Å². The fourth-order valence-corrected chi connectivity index (χ4v) is 6.53. The smallest absolute Gasteiger partial charge is 0.403 e. The summed E-state index contributed by atoms with van der Waals surface area (Å²) in [5, 5.41) is 6.42. The Morgan fingerprint density at radius 2 is 1.34 bits per heavy atom. The minimum absolute atomic E-state index is 0.0321. The number of unbranched alkanes of at least 4 members (excludes halogenated alkanes) is 1. The van der Waals surface area contributed by atoms with E-state index in [-0.39, 0.29) is 36.1 Å². The standard InChI is InChI=1S/C36H54BN3O4/c1-27(41)38-36(32(42)39-33(2,3)4,21-15-16-22-37-43-34(5,6)35(7,8)44-37)30-23-31(24-30)40(25-28-17-11-9-12-18-28)26-29-19-13-10-14-20-29/h9-14,17-20,30-31H,15-16,21-26H2,1-8H3,(H,38,41)(H,39,42). The highest BCUT2D eigenvalue weighted by Crippen LogP contribution is 2.44. The molecule has 2 aromatic carbocycles. The van der Waals surface area contributed by atoms with Crippen molar-refractivity contribution in [2.75, 3.05) is 0 Å². The maximum atomic E-state index is 14.1. The Bertz CT molecular complexity index is 1180.